The number of benzene rings is 1. The van der Waals surface area contributed by atoms with Gasteiger partial charge in [-0.3, -0.25) is 0 Å². The van der Waals surface area contributed by atoms with Crippen LogP contribution in [0.5, 0.6) is 5.75 Å². The van der Waals surface area contributed by atoms with E-state index in [1.807, 2.05) is 18.2 Å². The summed E-state index contributed by atoms with van der Waals surface area (Å²) in [6.07, 6.45) is 1.18. The topological polar surface area (TPSA) is 53.7 Å². The van der Waals surface area contributed by atoms with Gasteiger partial charge in [-0.25, -0.2) is 0 Å². The minimum atomic E-state index is 0.209. The number of methoxy groups -OCH3 is 1. The van der Waals surface area contributed by atoms with E-state index in [-0.39, 0.29) is 6.10 Å². The predicted octanol–water partition coefficient (Wildman–Crippen LogP) is 1.46. The van der Waals surface area contributed by atoms with Crippen molar-refractivity contribution >= 4 is 0 Å². The lowest BCUT2D eigenvalue weighted by molar-refractivity contribution is 0.0308. The first kappa shape index (κ1) is 12.4. The summed E-state index contributed by atoms with van der Waals surface area (Å²) >= 11 is 0. The van der Waals surface area contributed by atoms with Gasteiger partial charge in [0, 0.05) is 18.7 Å². The van der Waals surface area contributed by atoms with Gasteiger partial charge < -0.3 is 19.9 Å². The molecule has 0 radical (unpaired) electrons. The van der Waals surface area contributed by atoms with Gasteiger partial charge in [-0.15, -0.1) is 0 Å². The van der Waals surface area contributed by atoms with Crippen molar-refractivity contribution in [1.29, 1.82) is 0 Å². The van der Waals surface area contributed by atoms with Crippen LogP contribution in [0.3, 0.4) is 0 Å². The molecule has 1 fully saturated rings. The van der Waals surface area contributed by atoms with Crippen LogP contribution in [0.2, 0.25) is 0 Å². The Balaban J connectivity index is 2.01. The summed E-state index contributed by atoms with van der Waals surface area (Å²) in [5, 5.41) is 0. The fraction of sp³-hybridized carbons (Fsp3) is 0.538. The van der Waals surface area contributed by atoms with Crippen LogP contribution < -0.4 is 10.5 Å². The smallest absolute Gasteiger partial charge is 0.124 e. The van der Waals surface area contributed by atoms with E-state index in [1.165, 1.54) is 0 Å². The van der Waals surface area contributed by atoms with Gasteiger partial charge in [-0.05, 0) is 24.1 Å². The van der Waals surface area contributed by atoms with Crippen LogP contribution in [0.15, 0.2) is 18.2 Å². The summed E-state index contributed by atoms with van der Waals surface area (Å²) in [6, 6.07) is 5.95. The number of rotatable bonds is 5. The third-order valence-corrected chi connectivity index (χ3v) is 2.94. The molecule has 1 aromatic rings. The molecule has 94 valence electrons. The van der Waals surface area contributed by atoms with Crippen molar-refractivity contribution in [2.24, 2.45) is 5.73 Å². The maximum atomic E-state index is 5.79. The second kappa shape index (κ2) is 6.00. The highest BCUT2D eigenvalue weighted by atomic mass is 16.5. The summed E-state index contributed by atoms with van der Waals surface area (Å²) in [4.78, 5) is 0. The molecule has 17 heavy (non-hydrogen) atoms. The first-order valence-electron chi connectivity index (χ1n) is 5.88. The van der Waals surface area contributed by atoms with Gasteiger partial charge in [0.05, 0.1) is 26.4 Å². The van der Waals surface area contributed by atoms with Crippen LogP contribution >= 0.6 is 0 Å². The fourth-order valence-electron chi connectivity index (χ4n) is 1.92. The molecule has 4 heteroatoms. The quantitative estimate of drug-likeness (QED) is 0.842. The highest BCUT2D eigenvalue weighted by Gasteiger charge is 2.16. The molecule has 1 atom stereocenters. The Labute approximate surface area is 102 Å². The summed E-state index contributed by atoms with van der Waals surface area (Å²) in [7, 11) is 1.67. The molecule has 0 bridgehead atoms. The van der Waals surface area contributed by atoms with E-state index in [0.29, 0.717) is 19.8 Å². The molecule has 1 aliphatic heterocycles. The van der Waals surface area contributed by atoms with Crippen molar-refractivity contribution in [2.45, 2.75) is 25.7 Å². The van der Waals surface area contributed by atoms with E-state index < -0.39 is 0 Å². The second-order valence-corrected chi connectivity index (χ2v) is 4.15. The maximum Gasteiger partial charge on any atom is 0.124 e. The van der Waals surface area contributed by atoms with Crippen molar-refractivity contribution < 1.29 is 14.2 Å². The molecular weight excluding hydrogens is 218 g/mol. The molecule has 4 nitrogen and oxygen atoms in total. The van der Waals surface area contributed by atoms with Gasteiger partial charge in [0.15, 0.2) is 0 Å². The monoisotopic (exact) mass is 237 g/mol. The molecule has 0 amide bonds. The van der Waals surface area contributed by atoms with E-state index in [4.69, 9.17) is 19.9 Å². The van der Waals surface area contributed by atoms with Crippen LogP contribution in [0, 0.1) is 0 Å². The van der Waals surface area contributed by atoms with Crippen molar-refractivity contribution in [3.8, 4) is 5.75 Å². The molecule has 1 saturated heterocycles. The van der Waals surface area contributed by atoms with Crippen molar-refractivity contribution in [3.05, 3.63) is 29.3 Å². The Morgan fingerprint density at radius 1 is 1.47 bits per heavy atom. The molecule has 0 spiro atoms. The summed E-state index contributed by atoms with van der Waals surface area (Å²) in [6.45, 7) is 2.57. The van der Waals surface area contributed by atoms with Crippen molar-refractivity contribution in [2.75, 3.05) is 20.3 Å². The fourth-order valence-corrected chi connectivity index (χ4v) is 1.92. The minimum absolute atomic E-state index is 0.209. The Morgan fingerprint density at radius 3 is 3.00 bits per heavy atom. The first-order valence-corrected chi connectivity index (χ1v) is 5.88. The Bertz CT molecular complexity index is 362. The largest absolute Gasteiger partial charge is 0.496 e. The zero-order chi connectivity index (χ0) is 12.1. The lowest BCUT2D eigenvalue weighted by Crippen LogP contribution is -2.12. The summed E-state index contributed by atoms with van der Waals surface area (Å²) in [5.74, 6) is 0.848. The highest BCUT2D eigenvalue weighted by molar-refractivity contribution is 5.36. The van der Waals surface area contributed by atoms with Crippen LogP contribution in [0.25, 0.3) is 0 Å². The van der Waals surface area contributed by atoms with Crippen LogP contribution in [-0.2, 0) is 22.6 Å². The molecule has 1 unspecified atom stereocenters. The average molecular weight is 237 g/mol. The molecule has 0 saturated carbocycles. The first-order chi connectivity index (χ1) is 8.33. The van der Waals surface area contributed by atoms with Crippen molar-refractivity contribution in [1.82, 2.24) is 0 Å². The zero-order valence-corrected chi connectivity index (χ0v) is 10.1. The van der Waals surface area contributed by atoms with Gasteiger partial charge in [0.1, 0.15) is 5.75 Å². The molecule has 1 heterocycles. The van der Waals surface area contributed by atoms with E-state index >= 15 is 0 Å². The molecule has 1 aliphatic rings. The second-order valence-electron chi connectivity index (χ2n) is 4.15. The minimum Gasteiger partial charge on any atom is -0.496 e. The van der Waals surface area contributed by atoms with Gasteiger partial charge in [0.2, 0.25) is 0 Å². The predicted molar refractivity (Wildman–Crippen MR) is 64.9 cm³/mol. The zero-order valence-electron chi connectivity index (χ0n) is 10.1. The van der Waals surface area contributed by atoms with Gasteiger partial charge in [-0.1, -0.05) is 6.07 Å². The lowest BCUT2D eigenvalue weighted by atomic mass is 10.1. The number of nitrogens with two attached hydrogens (primary N) is 1. The summed E-state index contributed by atoms with van der Waals surface area (Å²) in [5.41, 5.74) is 7.76. The van der Waals surface area contributed by atoms with Gasteiger partial charge in [-0.2, -0.15) is 0 Å². The Kier molecular flexibility index (Phi) is 4.36. The third-order valence-electron chi connectivity index (χ3n) is 2.94. The SMILES string of the molecule is COc1ccc(CN)cc1COC1CCOC1. The average Bonchev–Trinajstić information content (AvgIpc) is 2.89. The molecular formula is C13H19NO3. The Hall–Kier alpha value is -1.10. The maximum absolute atomic E-state index is 5.79. The summed E-state index contributed by atoms with van der Waals surface area (Å²) < 4.78 is 16.4. The van der Waals surface area contributed by atoms with E-state index in [2.05, 4.69) is 0 Å². The van der Waals surface area contributed by atoms with Gasteiger partial charge >= 0.3 is 0 Å². The van der Waals surface area contributed by atoms with Crippen LogP contribution in [0.4, 0.5) is 0 Å². The van der Waals surface area contributed by atoms with E-state index in [9.17, 15) is 0 Å². The van der Waals surface area contributed by atoms with Gasteiger partial charge in [0.25, 0.3) is 0 Å². The lowest BCUT2D eigenvalue weighted by Gasteiger charge is -2.13. The molecule has 0 aliphatic carbocycles. The standard InChI is InChI=1S/C13H19NO3/c1-15-13-3-2-10(7-14)6-11(13)8-17-12-4-5-16-9-12/h2-3,6,12H,4-5,7-9,14H2,1H3. The number of hydrogen-bond donors (Lipinski definition) is 1. The molecule has 2 N–H and O–H groups in total. The normalized spacial score (nSPS) is 19.5. The number of ether oxygens (including phenoxy) is 3. The van der Waals surface area contributed by atoms with Crippen molar-refractivity contribution in [3.63, 3.8) is 0 Å². The number of hydrogen-bond acceptors (Lipinski definition) is 4. The molecule has 1 aromatic carbocycles. The molecule has 2 rings (SSSR count). The Morgan fingerprint density at radius 2 is 2.35 bits per heavy atom. The third kappa shape index (κ3) is 3.19. The van der Waals surface area contributed by atoms with E-state index in [0.717, 1.165) is 29.9 Å². The van der Waals surface area contributed by atoms with E-state index in [1.54, 1.807) is 7.11 Å². The van der Waals surface area contributed by atoms with Crippen LogP contribution in [0.1, 0.15) is 17.5 Å². The van der Waals surface area contributed by atoms with Crippen LogP contribution in [-0.4, -0.2) is 26.4 Å². The molecule has 0 aromatic heterocycles. The highest BCUT2D eigenvalue weighted by Crippen LogP contribution is 2.22.